The molecule has 0 saturated carbocycles. The van der Waals surface area contributed by atoms with Gasteiger partial charge in [-0.25, -0.2) is 9.97 Å². The van der Waals surface area contributed by atoms with Crippen LogP contribution in [-0.2, 0) is 0 Å². The minimum Gasteiger partial charge on any atom is -0.354 e. The second-order valence-electron chi connectivity index (χ2n) is 3.71. The number of nitriles is 1. The Morgan fingerprint density at radius 1 is 1.35 bits per heavy atom. The summed E-state index contributed by atoms with van der Waals surface area (Å²) in [6.07, 6.45) is 8.66. The molecular formula is C12H18N4S. The molecule has 0 radical (unpaired) electrons. The Morgan fingerprint density at radius 3 is 2.94 bits per heavy atom. The van der Waals surface area contributed by atoms with Gasteiger partial charge in [-0.3, -0.25) is 0 Å². The highest BCUT2D eigenvalue weighted by atomic mass is 32.2. The van der Waals surface area contributed by atoms with Crippen molar-refractivity contribution in [3.63, 3.8) is 0 Å². The summed E-state index contributed by atoms with van der Waals surface area (Å²) in [4.78, 5) is 8.11. The van der Waals surface area contributed by atoms with Gasteiger partial charge < -0.3 is 5.32 Å². The number of unbranched alkanes of at least 4 members (excludes halogenated alkanes) is 3. The molecule has 0 aliphatic carbocycles. The molecule has 0 fully saturated rings. The van der Waals surface area contributed by atoms with Crippen molar-refractivity contribution in [3.05, 3.63) is 18.0 Å². The molecule has 4 nitrogen and oxygen atoms in total. The molecule has 1 aromatic rings. The molecule has 92 valence electrons. The molecule has 1 N–H and O–H groups in total. The van der Waals surface area contributed by atoms with Crippen LogP contribution in [0.3, 0.4) is 0 Å². The van der Waals surface area contributed by atoms with Crippen molar-refractivity contribution in [1.82, 2.24) is 9.97 Å². The minimum absolute atomic E-state index is 0.405. The van der Waals surface area contributed by atoms with Crippen LogP contribution in [0.25, 0.3) is 0 Å². The first-order chi connectivity index (χ1) is 8.36. The smallest absolute Gasteiger partial charge is 0.223 e. The summed E-state index contributed by atoms with van der Waals surface area (Å²) in [5.41, 5.74) is 0.405. The number of rotatable bonds is 8. The highest BCUT2D eigenvalue weighted by Crippen LogP contribution is 2.05. The molecule has 0 spiro atoms. The molecule has 0 aromatic carbocycles. The highest BCUT2D eigenvalue weighted by molar-refractivity contribution is 7.98. The molecule has 0 amide bonds. The Hall–Kier alpha value is -1.28. The quantitative estimate of drug-likeness (QED) is 0.719. The number of nitrogens with zero attached hydrogens (tertiary/aromatic N) is 3. The first kappa shape index (κ1) is 13.8. The average Bonchev–Trinajstić information content (AvgIpc) is 2.38. The fourth-order valence-corrected chi connectivity index (χ4v) is 1.92. The van der Waals surface area contributed by atoms with E-state index in [1.165, 1.54) is 25.0 Å². The van der Waals surface area contributed by atoms with Crippen LogP contribution < -0.4 is 5.32 Å². The van der Waals surface area contributed by atoms with Crippen LogP contribution in [0.15, 0.2) is 12.3 Å². The van der Waals surface area contributed by atoms with E-state index in [9.17, 15) is 0 Å². The first-order valence-electron chi connectivity index (χ1n) is 5.83. The average molecular weight is 250 g/mol. The predicted octanol–water partition coefficient (Wildman–Crippen LogP) is 2.68. The van der Waals surface area contributed by atoms with E-state index in [1.54, 1.807) is 12.3 Å². The maximum atomic E-state index is 8.68. The monoisotopic (exact) mass is 250 g/mol. The topological polar surface area (TPSA) is 61.6 Å². The minimum atomic E-state index is 0.405. The summed E-state index contributed by atoms with van der Waals surface area (Å²) in [6.45, 7) is 0.869. The summed E-state index contributed by atoms with van der Waals surface area (Å²) in [7, 11) is 0. The standard InChI is InChI=1S/C12H18N4S/c1-17-9-5-3-2-4-7-14-12-15-8-6-11(10-13)16-12/h6,8H,2-5,7,9H2,1H3,(H,14,15,16). The van der Waals surface area contributed by atoms with Crippen LogP contribution in [0.4, 0.5) is 5.95 Å². The maximum absolute atomic E-state index is 8.68. The van der Waals surface area contributed by atoms with E-state index >= 15 is 0 Å². The van der Waals surface area contributed by atoms with E-state index in [0.717, 1.165) is 13.0 Å². The van der Waals surface area contributed by atoms with Gasteiger partial charge in [0.2, 0.25) is 5.95 Å². The second kappa shape index (κ2) is 8.82. The zero-order valence-corrected chi connectivity index (χ0v) is 11.0. The van der Waals surface area contributed by atoms with Crippen LogP contribution in [0, 0.1) is 11.3 Å². The normalized spacial score (nSPS) is 9.88. The predicted molar refractivity (Wildman–Crippen MR) is 72.1 cm³/mol. The summed E-state index contributed by atoms with van der Waals surface area (Å²) in [6, 6.07) is 3.60. The van der Waals surface area contributed by atoms with Crippen LogP contribution >= 0.6 is 11.8 Å². The van der Waals surface area contributed by atoms with Gasteiger partial charge in [0.15, 0.2) is 0 Å². The van der Waals surface area contributed by atoms with Crippen LogP contribution in [-0.4, -0.2) is 28.5 Å². The van der Waals surface area contributed by atoms with Gasteiger partial charge in [0.05, 0.1) is 0 Å². The van der Waals surface area contributed by atoms with Gasteiger partial charge in [0, 0.05) is 12.7 Å². The molecular weight excluding hydrogens is 232 g/mol. The molecule has 0 atom stereocenters. The van der Waals surface area contributed by atoms with Crippen LogP contribution in [0.1, 0.15) is 31.4 Å². The van der Waals surface area contributed by atoms with Gasteiger partial charge in [-0.05, 0) is 30.9 Å². The number of nitrogens with one attached hydrogen (secondary N) is 1. The van der Waals surface area contributed by atoms with Crippen molar-refractivity contribution < 1.29 is 0 Å². The fraction of sp³-hybridized carbons (Fsp3) is 0.583. The van der Waals surface area contributed by atoms with Gasteiger partial charge >= 0.3 is 0 Å². The highest BCUT2D eigenvalue weighted by Gasteiger charge is 1.97. The Bertz CT molecular complexity index is 362. The van der Waals surface area contributed by atoms with Gasteiger partial charge in [-0.1, -0.05) is 12.8 Å². The molecule has 1 aromatic heterocycles. The lowest BCUT2D eigenvalue weighted by molar-refractivity contribution is 0.687. The van der Waals surface area contributed by atoms with Crippen LogP contribution in [0.5, 0.6) is 0 Å². The largest absolute Gasteiger partial charge is 0.354 e. The molecule has 17 heavy (non-hydrogen) atoms. The van der Waals surface area contributed by atoms with Crippen molar-refractivity contribution in [1.29, 1.82) is 5.26 Å². The van der Waals surface area contributed by atoms with Crippen molar-refractivity contribution in [2.75, 3.05) is 23.9 Å². The molecule has 1 rings (SSSR count). The number of thioether (sulfide) groups is 1. The third-order valence-corrected chi connectivity index (χ3v) is 3.03. The molecule has 0 bridgehead atoms. The molecule has 0 aliphatic heterocycles. The Morgan fingerprint density at radius 2 is 2.18 bits per heavy atom. The van der Waals surface area contributed by atoms with E-state index < -0.39 is 0 Å². The molecule has 0 aliphatic rings. The molecule has 1 heterocycles. The van der Waals surface area contributed by atoms with E-state index in [2.05, 4.69) is 21.5 Å². The Balaban J connectivity index is 2.12. The van der Waals surface area contributed by atoms with Gasteiger partial charge in [0.25, 0.3) is 0 Å². The van der Waals surface area contributed by atoms with Crippen LogP contribution in [0.2, 0.25) is 0 Å². The van der Waals surface area contributed by atoms with Gasteiger partial charge in [-0.2, -0.15) is 17.0 Å². The lowest BCUT2D eigenvalue weighted by atomic mass is 10.2. The number of anilines is 1. The van der Waals surface area contributed by atoms with Crippen molar-refractivity contribution in [2.45, 2.75) is 25.7 Å². The lowest BCUT2D eigenvalue weighted by Gasteiger charge is -2.04. The first-order valence-corrected chi connectivity index (χ1v) is 7.22. The lowest BCUT2D eigenvalue weighted by Crippen LogP contribution is -2.05. The molecule has 0 saturated heterocycles. The van der Waals surface area contributed by atoms with Crippen molar-refractivity contribution in [2.24, 2.45) is 0 Å². The molecule has 0 unspecified atom stereocenters. The van der Waals surface area contributed by atoms with Gasteiger partial charge in [-0.15, -0.1) is 0 Å². The number of hydrogen-bond donors (Lipinski definition) is 1. The zero-order valence-electron chi connectivity index (χ0n) is 10.1. The van der Waals surface area contributed by atoms with E-state index in [4.69, 9.17) is 5.26 Å². The summed E-state index contributed by atoms with van der Waals surface area (Å²) in [5, 5.41) is 11.8. The summed E-state index contributed by atoms with van der Waals surface area (Å²) in [5.74, 6) is 1.80. The summed E-state index contributed by atoms with van der Waals surface area (Å²) < 4.78 is 0. The van der Waals surface area contributed by atoms with Crippen molar-refractivity contribution >= 4 is 17.7 Å². The van der Waals surface area contributed by atoms with E-state index in [1.807, 2.05) is 17.8 Å². The van der Waals surface area contributed by atoms with E-state index in [0.29, 0.717) is 11.6 Å². The summed E-state index contributed by atoms with van der Waals surface area (Å²) >= 11 is 1.90. The number of hydrogen-bond acceptors (Lipinski definition) is 5. The van der Waals surface area contributed by atoms with Crippen molar-refractivity contribution in [3.8, 4) is 6.07 Å². The maximum Gasteiger partial charge on any atom is 0.223 e. The zero-order chi connectivity index (χ0) is 12.3. The second-order valence-corrected chi connectivity index (χ2v) is 4.70. The van der Waals surface area contributed by atoms with E-state index in [-0.39, 0.29) is 0 Å². The SMILES string of the molecule is CSCCCCCCNc1nccc(C#N)n1. The Kier molecular flexibility index (Phi) is 7.15. The molecule has 5 heteroatoms. The third-order valence-electron chi connectivity index (χ3n) is 2.33. The number of aromatic nitrogens is 2. The van der Waals surface area contributed by atoms with Gasteiger partial charge in [0.1, 0.15) is 11.8 Å². The fourth-order valence-electron chi connectivity index (χ4n) is 1.43. The third kappa shape index (κ3) is 6.12. The Labute approximate surface area is 107 Å².